The number of amides is 1. The number of carboxylic acids is 1. The number of likely N-dealkylation sites (tertiary alicyclic amines) is 1. The van der Waals surface area contributed by atoms with Gasteiger partial charge in [0.1, 0.15) is 0 Å². The lowest BCUT2D eigenvalue weighted by molar-refractivity contribution is -0.148. The lowest BCUT2D eigenvalue weighted by atomic mass is 10.00. The van der Waals surface area contributed by atoms with Gasteiger partial charge in [0.2, 0.25) is 0 Å². The molecule has 1 aliphatic rings. The minimum Gasteiger partial charge on any atom is -0.478 e. The van der Waals surface area contributed by atoms with Gasteiger partial charge in [0.25, 0.3) is 5.91 Å². The number of carboxylic acid groups (broad SMARTS) is 1. The smallest absolute Gasteiger partial charge is 0.335 e. The molecule has 0 radical (unpaired) electrons. The van der Waals surface area contributed by atoms with Gasteiger partial charge < -0.3 is 15.1 Å². The molecule has 1 amide bonds. The van der Waals surface area contributed by atoms with Crippen molar-refractivity contribution in [2.75, 3.05) is 6.54 Å². The Bertz CT molecular complexity index is 839. The lowest BCUT2D eigenvalue weighted by Gasteiger charge is -2.23. The third-order valence-corrected chi connectivity index (χ3v) is 5.27. The van der Waals surface area contributed by atoms with Gasteiger partial charge in [-0.25, -0.2) is 4.79 Å². The Kier molecular flexibility index (Phi) is 8.13. The van der Waals surface area contributed by atoms with E-state index in [1.54, 1.807) is 31.2 Å². The molecule has 1 aromatic carbocycles. The molecule has 1 fully saturated rings. The zero-order valence-corrected chi connectivity index (χ0v) is 17.1. The zero-order valence-electron chi connectivity index (χ0n) is 17.1. The van der Waals surface area contributed by atoms with E-state index < -0.39 is 36.4 Å². The van der Waals surface area contributed by atoms with Gasteiger partial charge >= 0.3 is 11.9 Å². The molecule has 7 heteroatoms. The van der Waals surface area contributed by atoms with Gasteiger partial charge in [-0.2, -0.15) is 8.78 Å². The first-order chi connectivity index (χ1) is 14.2. The number of hydrogen-bond acceptors (Lipinski definition) is 3. The van der Waals surface area contributed by atoms with Crippen LogP contribution in [-0.4, -0.2) is 51.6 Å². The van der Waals surface area contributed by atoms with Crippen molar-refractivity contribution in [3.05, 3.63) is 47.5 Å². The molecule has 2 N–H and O–H groups in total. The van der Waals surface area contributed by atoms with Crippen LogP contribution in [0.25, 0.3) is 0 Å². The van der Waals surface area contributed by atoms with E-state index in [-0.39, 0.29) is 24.4 Å². The Morgan fingerprint density at radius 1 is 1.37 bits per heavy atom. The van der Waals surface area contributed by atoms with Crippen LogP contribution in [0.1, 0.15) is 49.0 Å². The summed E-state index contributed by atoms with van der Waals surface area (Å²) < 4.78 is 28.0. The molecule has 2 rings (SSSR count). The Hall–Kier alpha value is -2.72. The fourth-order valence-electron chi connectivity index (χ4n) is 3.38. The van der Waals surface area contributed by atoms with Crippen LogP contribution >= 0.6 is 0 Å². The molecule has 1 aliphatic heterocycles. The molecule has 162 valence electrons. The van der Waals surface area contributed by atoms with Gasteiger partial charge in [-0.05, 0) is 43.4 Å². The third kappa shape index (κ3) is 6.14. The summed E-state index contributed by atoms with van der Waals surface area (Å²) in [7, 11) is 0. The fourth-order valence-corrected chi connectivity index (χ4v) is 3.38. The number of aliphatic hydroxyl groups is 1. The summed E-state index contributed by atoms with van der Waals surface area (Å²) in [4.78, 5) is 24.2. The molecule has 1 saturated heterocycles. The Balaban J connectivity index is 1.99. The fraction of sp³-hybridized carbons (Fsp3) is 0.478. The number of halogens is 2. The maximum atomic E-state index is 14.0. The highest BCUT2D eigenvalue weighted by molar-refractivity contribution is 5.87. The molecule has 1 heterocycles. The minimum absolute atomic E-state index is 0.0785. The highest BCUT2D eigenvalue weighted by Gasteiger charge is 2.52. The Morgan fingerprint density at radius 3 is 2.63 bits per heavy atom. The van der Waals surface area contributed by atoms with Gasteiger partial charge in [-0.15, -0.1) is 11.8 Å². The van der Waals surface area contributed by atoms with Crippen molar-refractivity contribution < 1.29 is 28.6 Å². The van der Waals surface area contributed by atoms with E-state index in [2.05, 4.69) is 11.8 Å². The van der Waals surface area contributed by atoms with Crippen LogP contribution in [0.2, 0.25) is 0 Å². The van der Waals surface area contributed by atoms with Gasteiger partial charge in [0.05, 0.1) is 11.7 Å². The van der Waals surface area contributed by atoms with E-state index >= 15 is 0 Å². The molecule has 1 unspecified atom stereocenters. The SMILES string of the molecule is CC#CC[C@H](C)[C@H](O)/C=C/CC1CC(F)(F)C(=O)N1CCc1ccc(C(=O)O)cc1. The van der Waals surface area contributed by atoms with Crippen LogP contribution < -0.4 is 0 Å². The molecule has 0 aromatic heterocycles. The van der Waals surface area contributed by atoms with Crippen molar-refractivity contribution in [3.63, 3.8) is 0 Å². The predicted molar refractivity (Wildman–Crippen MR) is 109 cm³/mol. The van der Waals surface area contributed by atoms with Gasteiger partial charge in [-0.1, -0.05) is 31.2 Å². The molecule has 3 atom stereocenters. The van der Waals surface area contributed by atoms with Gasteiger partial charge in [-0.3, -0.25) is 4.79 Å². The maximum absolute atomic E-state index is 14.0. The van der Waals surface area contributed by atoms with Gasteiger partial charge in [0, 0.05) is 25.4 Å². The summed E-state index contributed by atoms with van der Waals surface area (Å²) in [5, 5.41) is 19.1. The minimum atomic E-state index is -3.39. The summed E-state index contributed by atoms with van der Waals surface area (Å²) in [5.41, 5.74) is 0.904. The number of hydrogen-bond donors (Lipinski definition) is 2. The highest BCUT2D eigenvalue weighted by atomic mass is 19.3. The van der Waals surface area contributed by atoms with Crippen LogP contribution in [0.15, 0.2) is 36.4 Å². The molecule has 1 aromatic rings. The predicted octanol–water partition coefficient (Wildman–Crippen LogP) is 3.52. The van der Waals surface area contributed by atoms with Crippen molar-refractivity contribution in [2.45, 2.75) is 57.6 Å². The standard InChI is InChI=1S/C23H27F2NO4/c1-3-4-6-16(2)20(27)8-5-7-19-15-23(24,25)22(30)26(19)14-13-17-9-11-18(12-10-17)21(28)29/h5,8-12,16,19-20,27H,6-7,13-15H2,1-2H3,(H,28,29)/b8-5+/t16-,19?,20+/m0/s1. The molecule has 0 saturated carbocycles. The van der Waals surface area contributed by atoms with Crippen LogP contribution in [0.3, 0.4) is 0 Å². The molecular formula is C23H27F2NO4. The number of rotatable bonds is 9. The first-order valence-electron chi connectivity index (χ1n) is 9.91. The summed E-state index contributed by atoms with van der Waals surface area (Å²) >= 11 is 0. The second kappa shape index (κ2) is 10.4. The third-order valence-electron chi connectivity index (χ3n) is 5.27. The van der Waals surface area contributed by atoms with Crippen molar-refractivity contribution in [1.29, 1.82) is 0 Å². The molecule has 5 nitrogen and oxygen atoms in total. The zero-order chi connectivity index (χ0) is 22.3. The summed E-state index contributed by atoms with van der Waals surface area (Å²) in [5.74, 6) is -0.0330. The van der Waals surface area contributed by atoms with Crippen molar-refractivity contribution >= 4 is 11.9 Å². The number of aromatic carboxylic acids is 1. The van der Waals surface area contributed by atoms with E-state index in [9.17, 15) is 23.5 Å². The summed E-state index contributed by atoms with van der Waals surface area (Å²) in [6, 6.07) is 5.48. The Morgan fingerprint density at radius 2 is 2.03 bits per heavy atom. The van der Waals surface area contributed by atoms with E-state index in [1.165, 1.54) is 17.0 Å². The average Bonchev–Trinajstić information content (AvgIpc) is 2.92. The number of aliphatic hydroxyl groups excluding tert-OH is 1. The van der Waals surface area contributed by atoms with Gasteiger partial charge in [0.15, 0.2) is 0 Å². The monoisotopic (exact) mass is 419 g/mol. The van der Waals surface area contributed by atoms with E-state index in [1.807, 2.05) is 6.92 Å². The number of alkyl halides is 2. The number of carbonyl (C=O) groups is 2. The average molecular weight is 419 g/mol. The normalized spacial score (nSPS) is 20.1. The summed E-state index contributed by atoms with van der Waals surface area (Å²) in [6.45, 7) is 3.69. The first-order valence-corrected chi connectivity index (χ1v) is 9.91. The largest absolute Gasteiger partial charge is 0.478 e. The van der Waals surface area contributed by atoms with E-state index in [4.69, 9.17) is 5.11 Å². The van der Waals surface area contributed by atoms with Crippen LogP contribution in [-0.2, 0) is 11.2 Å². The topological polar surface area (TPSA) is 77.8 Å². The Labute approximate surface area is 175 Å². The summed E-state index contributed by atoms with van der Waals surface area (Å²) in [6.07, 6.45) is 3.04. The van der Waals surface area contributed by atoms with E-state index in [0.29, 0.717) is 12.8 Å². The number of nitrogens with zero attached hydrogens (tertiary/aromatic N) is 1. The van der Waals surface area contributed by atoms with Crippen molar-refractivity contribution in [3.8, 4) is 11.8 Å². The second-order valence-electron chi connectivity index (χ2n) is 7.58. The molecule has 0 bridgehead atoms. The molecular weight excluding hydrogens is 392 g/mol. The van der Waals surface area contributed by atoms with E-state index in [0.717, 1.165) is 5.56 Å². The van der Waals surface area contributed by atoms with Crippen LogP contribution in [0, 0.1) is 17.8 Å². The van der Waals surface area contributed by atoms with Crippen molar-refractivity contribution in [2.24, 2.45) is 5.92 Å². The van der Waals surface area contributed by atoms with Crippen LogP contribution in [0.5, 0.6) is 0 Å². The first kappa shape index (κ1) is 23.6. The molecule has 30 heavy (non-hydrogen) atoms. The molecule has 0 spiro atoms. The quantitative estimate of drug-likeness (QED) is 0.474. The number of benzene rings is 1. The second-order valence-corrected chi connectivity index (χ2v) is 7.58. The van der Waals surface area contributed by atoms with Crippen LogP contribution in [0.4, 0.5) is 8.78 Å². The molecule has 0 aliphatic carbocycles. The highest BCUT2D eigenvalue weighted by Crippen LogP contribution is 2.35. The number of carbonyl (C=O) groups excluding carboxylic acids is 1. The lowest BCUT2D eigenvalue weighted by Crippen LogP contribution is -2.37. The van der Waals surface area contributed by atoms with Crippen molar-refractivity contribution in [1.82, 2.24) is 4.90 Å². The maximum Gasteiger partial charge on any atom is 0.335 e.